The van der Waals surface area contributed by atoms with Crippen LogP contribution in [0.4, 0.5) is 17.5 Å². The Morgan fingerprint density at radius 1 is 1.05 bits per heavy atom. The fraction of sp³-hybridized carbons (Fsp3) is 0.143. The number of aryl methyl sites for hydroxylation is 1. The summed E-state index contributed by atoms with van der Waals surface area (Å²) in [4.78, 5) is 31.6. The van der Waals surface area contributed by atoms with Crippen LogP contribution in [0.1, 0.15) is 26.4 Å². The number of benzene rings is 1. The molecule has 0 spiro atoms. The van der Waals surface area contributed by atoms with Crippen molar-refractivity contribution in [3.8, 4) is 0 Å². The maximum Gasteiger partial charge on any atom is 0.259 e. The number of fused-ring (bicyclic) bond motifs is 1. The van der Waals surface area contributed by atoms with Gasteiger partial charge in [0.2, 0.25) is 5.95 Å². The van der Waals surface area contributed by atoms with Crippen molar-refractivity contribution >= 4 is 29.3 Å². The highest BCUT2D eigenvalue weighted by Gasteiger charge is 2.26. The van der Waals surface area contributed by atoms with Gasteiger partial charge in [-0.25, -0.2) is 4.98 Å². The molecular formula is C14H13N5O2. The molecule has 3 N–H and O–H groups in total. The van der Waals surface area contributed by atoms with E-state index in [2.05, 4.69) is 25.9 Å². The smallest absolute Gasteiger partial charge is 0.259 e. The van der Waals surface area contributed by atoms with Crippen LogP contribution in [0.2, 0.25) is 0 Å². The summed E-state index contributed by atoms with van der Waals surface area (Å²) in [5.74, 6) is 0.369. The molecule has 1 aromatic carbocycles. The average molecular weight is 283 g/mol. The predicted octanol–water partition coefficient (Wildman–Crippen LogP) is 1.45. The molecule has 0 aliphatic carbocycles. The van der Waals surface area contributed by atoms with Crippen molar-refractivity contribution in [3.05, 3.63) is 41.1 Å². The Labute approximate surface area is 120 Å². The number of carbonyl (C=O) groups excluding carboxylic acids is 2. The Balaban J connectivity index is 1.93. The minimum Gasteiger partial charge on any atom is -0.357 e. The summed E-state index contributed by atoms with van der Waals surface area (Å²) in [6, 6.07) is 6.77. The fourth-order valence-electron chi connectivity index (χ4n) is 2.14. The molecule has 0 bridgehead atoms. The second-order valence-electron chi connectivity index (χ2n) is 4.64. The summed E-state index contributed by atoms with van der Waals surface area (Å²) in [6.45, 7) is 1.86. The highest BCUT2D eigenvalue weighted by Crippen LogP contribution is 2.23. The van der Waals surface area contributed by atoms with Gasteiger partial charge in [0, 0.05) is 24.5 Å². The SMILES string of the molecule is CNc1nc(C)cc(Nc2ccc3c(c2)C(=O)NC3=O)n1. The second-order valence-corrected chi connectivity index (χ2v) is 4.64. The number of hydrogen-bond acceptors (Lipinski definition) is 6. The molecule has 0 saturated heterocycles. The standard InChI is InChI=1S/C14H13N5O2/c1-7-5-11(18-14(15-2)16-7)17-8-3-4-9-10(6-8)13(21)19-12(9)20/h3-6H,1-2H3,(H,19,20,21)(H2,15,16,17,18). The summed E-state index contributed by atoms with van der Waals surface area (Å²) >= 11 is 0. The molecule has 7 heteroatoms. The van der Waals surface area contributed by atoms with E-state index in [1.807, 2.05) is 6.92 Å². The Bertz CT molecular complexity index is 757. The van der Waals surface area contributed by atoms with Crippen molar-refractivity contribution in [3.63, 3.8) is 0 Å². The summed E-state index contributed by atoms with van der Waals surface area (Å²) in [5, 5.41) is 8.24. The number of carbonyl (C=O) groups is 2. The van der Waals surface area contributed by atoms with Crippen LogP contribution in [-0.2, 0) is 0 Å². The minimum atomic E-state index is -0.381. The lowest BCUT2D eigenvalue weighted by Crippen LogP contribution is -2.19. The first-order chi connectivity index (χ1) is 10.1. The van der Waals surface area contributed by atoms with Crippen molar-refractivity contribution in [1.82, 2.24) is 15.3 Å². The largest absolute Gasteiger partial charge is 0.357 e. The van der Waals surface area contributed by atoms with E-state index in [-0.39, 0.29) is 11.8 Å². The van der Waals surface area contributed by atoms with Gasteiger partial charge in [0.15, 0.2) is 0 Å². The molecular weight excluding hydrogens is 270 g/mol. The average Bonchev–Trinajstić information content (AvgIpc) is 2.73. The van der Waals surface area contributed by atoms with Gasteiger partial charge in [-0.05, 0) is 25.1 Å². The summed E-state index contributed by atoms with van der Waals surface area (Å²) < 4.78 is 0. The predicted molar refractivity (Wildman–Crippen MR) is 77.8 cm³/mol. The number of nitrogens with zero attached hydrogens (tertiary/aromatic N) is 2. The molecule has 21 heavy (non-hydrogen) atoms. The van der Waals surface area contributed by atoms with Gasteiger partial charge in [-0.1, -0.05) is 0 Å². The van der Waals surface area contributed by atoms with Gasteiger partial charge in [-0.2, -0.15) is 4.98 Å². The summed E-state index contributed by atoms with van der Waals surface area (Å²) in [5.41, 5.74) is 2.25. The summed E-state index contributed by atoms with van der Waals surface area (Å²) in [7, 11) is 1.74. The van der Waals surface area contributed by atoms with Crippen molar-refractivity contribution in [2.45, 2.75) is 6.92 Å². The molecule has 1 aliphatic rings. The van der Waals surface area contributed by atoms with Crippen LogP contribution in [-0.4, -0.2) is 28.8 Å². The van der Waals surface area contributed by atoms with E-state index >= 15 is 0 Å². The normalized spacial score (nSPS) is 12.9. The van der Waals surface area contributed by atoms with E-state index < -0.39 is 0 Å². The van der Waals surface area contributed by atoms with Crippen LogP contribution >= 0.6 is 0 Å². The first-order valence-electron chi connectivity index (χ1n) is 6.37. The third kappa shape index (κ3) is 2.40. The van der Waals surface area contributed by atoms with Crippen LogP contribution < -0.4 is 16.0 Å². The first kappa shape index (κ1) is 13.0. The molecule has 2 amide bonds. The number of aromatic nitrogens is 2. The zero-order chi connectivity index (χ0) is 15.0. The molecule has 1 aromatic heterocycles. The quantitative estimate of drug-likeness (QED) is 0.738. The highest BCUT2D eigenvalue weighted by atomic mass is 16.2. The van der Waals surface area contributed by atoms with Gasteiger partial charge in [-0.3, -0.25) is 14.9 Å². The van der Waals surface area contributed by atoms with E-state index in [9.17, 15) is 9.59 Å². The fourth-order valence-corrected chi connectivity index (χ4v) is 2.14. The molecule has 0 unspecified atom stereocenters. The highest BCUT2D eigenvalue weighted by molar-refractivity contribution is 6.21. The topological polar surface area (TPSA) is 96.0 Å². The van der Waals surface area contributed by atoms with Crippen molar-refractivity contribution in [1.29, 1.82) is 0 Å². The Kier molecular flexibility index (Phi) is 3.02. The third-order valence-corrected chi connectivity index (χ3v) is 3.09. The summed E-state index contributed by atoms with van der Waals surface area (Å²) in [6.07, 6.45) is 0. The molecule has 1 aliphatic heterocycles. The molecule has 3 rings (SSSR count). The van der Waals surface area contributed by atoms with Crippen molar-refractivity contribution in [2.24, 2.45) is 0 Å². The maximum absolute atomic E-state index is 11.6. The number of hydrogen-bond donors (Lipinski definition) is 3. The number of amides is 2. The zero-order valence-electron chi connectivity index (χ0n) is 11.5. The maximum atomic E-state index is 11.6. The van der Waals surface area contributed by atoms with Gasteiger partial charge in [0.1, 0.15) is 5.82 Å². The molecule has 0 atom stereocenters. The molecule has 0 saturated carbocycles. The molecule has 0 radical (unpaired) electrons. The van der Waals surface area contributed by atoms with Crippen LogP contribution in [0, 0.1) is 6.92 Å². The van der Waals surface area contributed by atoms with E-state index in [4.69, 9.17) is 0 Å². The lowest BCUT2D eigenvalue weighted by atomic mass is 10.1. The molecule has 2 aromatic rings. The zero-order valence-corrected chi connectivity index (χ0v) is 11.5. The van der Waals surface area contributed by atoms with Gasteiger partial charge in [0.05, 0.1) is 11.1 Å². The van der Waals surface area contributed by atoms with Gasteiger partial charge < -0.3 is 10.6 Å². The first-order valence-corrected chi connectivity index (χ1v) is 6.37. The van der Waals surface area contributed by atoms with E-state index in [1.54, 1.807) is 31.3 Å². The van der Waals surface area contributed by atoms with Gasteiger partial charge in [0.25, 0.3) is 11.8 Å². The second kappa shape index (κ2) is 4.86. The van der Waals surface area contributed by atoms with E-state index in [1.165, 1.54) is 0 Å². The molecule has 106 valence electrons. The number of nitrogens with one attached hydrogen (secondary N) is 3. The lowest BCUT2D eigenvalue weighted by molar-refractivity contribution is 0.0879. The minimum absolute atomic E-state index is 0.364. The monoisotopic (exact) mass is 283 g/mol. The number of anilines is 3. The number of rotatable bonds is 3. The molecule has 0 fully saturated rings. The lowest BCUT2D eigenvalue weighted by Gasteiger charge is -2.09. The van der Waals surface area contributed by atoms with Crippen LogP contribution in [0.25, 0.3) is 0 Å². The van der Waals surface area contributed by atoms with Crippen LogP contribution in [0.5, 0.6) is 0 Å². The van der Waals surface area contributed by atoms with Crippen LogP contribution in [0.15, 0.2) is 24.3 Å². The third-order valence-electron chi connectivity index (χ3n) is 3.09. The Morgan fingerprint density at radius 2 is 1.81 bits per heavy atom. The van der Waals surface area contributed by atoms with Gasteiger partial charge in [-0.15, -0.1) is 0 Å². The Morgan fingerprint density at radius 3 is 2.57 bits per heavy atom. The van der Waals surface area contributed by atoms with E-state index in [0.717, 1.165) is 5.69 Å². The van der Waals surface area contributed by atoms with E-state index in [0.29, 0.717) is 28.6 Å². The van der Waals surface area contributed by atoms with Crippen LogP contribution in [0.3, 0.4) is 0 Å². The number of imide groups is 1. The van der Waals surface area contributed by atoms with Crippen molar-refractivity contribution < 1.29 is 9.59 Å². The molecule has 2 heterocycles. The van der Waals surface area contributed by atoms with Gasteiger partial charge >= 0.3 is 0 Å². The molecule has 7 nitrogen and oxygen atoms in total. The Hall–Kier alpha value is -2.96. The van der Waals surface area contributed by atoms with Crippen molar-refractivity contribution in [2.75, 3.05) is 17.7 Å².